The first-order valence-corrected chi connectivity index (χ1v) is 5.91. The molecule has 0 aliphatic heterocycles. The normalized spacial score (nSPS) is 10.4. The Morgan fingerprint density at radius 2 is 2.19 bits per heavy atom. The number of hydrogen-bond acceptors (Lipinski definition) is 4. The summed E-state index contributed by atoms with van der Waals surface area (Å²) < 4.78 is 5.62. The monoisotopic (exact) mass is 282 g/mol. The average molecular weight is 283 g/mol. The van der Waals surface area contributed by atoms with Crippen molar-refractivity contribution < 1.29 is 4.74 Å². The number of nitrogens with zero attached hydrogens (tertiary/aromatic N) is 4. The van der Waals surface area contributed by atoms with Crippen LogP contribution in [0.15, 0.2) is 24.3 Å². The summed E-state index contributed by atoms with van der Waals surface area (Å²) in [7, 11) is 1.73. The van der Waals surface area contributed by atoms with Gasteiger partial charge in [-0.15, -0.1) is 10.2 Å². The molecule has 0 spiro atoms. The van der Waals surface area contributed by atoms with Gasteiger partial charge in [-0.25, -0.2) is 0 Å². The fourth-order valence-corrected chi connectivity index (χ4v) is 1.74. The Balaban J connectivity index is 2.04. The summed E-state index contributed by atoms with van der Waals surface area (Å²) in [5.74, 6) is 1.42. The zero-order valence-corrected chi connectivity index (χ0v) is 10.4. The van der Waals surface area contributed by atoms with Crippen LogP contribution in [0.5, 0.6) is 5.75 Å². The van der Waals surface area contributed by atoms with Crippen molar-refractivity contribution in [3.8, 4) is 5.75 Å². The SMILES string of the molecule is Cn1nnc(COc2ccccc2CBr)n1. The molecule has 0 fully saturated rings. The lowest BCUT2D eigenvalue weighted by atomic mass is 10.2. The van der Waals surface area contributed by atoms with Crippen molar-refractivity contribution in [2.45, 2.75) is 11.9 Å². The van der Waals surface area contributed by atoms with Crippen molar-refractivity contribution in [3.63, 3.8) is 0 Å². The van der Waals surface area contributed by atoms with E-state index in [1.54, 1.807) is 7.05 Å². The van der Waals surface area contributed by atoms with Gasteiger partial charge in [-0.3, -0.25) is 0 Å². The van der Waals surface area contributed by atoms with Gasteiger partial charge in [-0.2, -0.15) is 4.80 Å². The predicted molar refractivity (Wildman–Crippen MR) is 62.2 cm³/mol. The van der Waals surface area contributed by atoms with Gasteiger partial charge >= 0.3 is 0 Å². The number of benzene rings is 1. The van der Waals surface area contributed by atoms with Crippen LogP contribution in [0.3, 0.4) is 0 Å². The van der Waals surface area contributed by atoms with Crippen molar-refractivity contribution in [2.75, 3.05) is 0 Å². The van der Waals surface area contributed by atoms with Crippen molar-refractivity contribution in [1.29, 1.82) is 0 Å². The smallest absolute Gasteiger partial charge is 0.212 e. The van der Waals surface area contributed by atoms with E-state index in [-0.39, 0.29) is 0 Å². The predicted octanol–water partition coefficient (Wildman–Crippen LogP) is 1.68. The molecular formula is C10H11BrN4O. The van der Waals surface area contributed by atoms with Crippen molar-refractivity contribution >= 4 is 15.9 Å². The van der Waals surface area contributed by atoms with Gasteiger partial charge in [-0.1, -0.05) is 34.1 Å². The van der Waals surface area contributed by atoms with Crippen LogP contribution < -0.4 is 4.74 Å². The lowest BCUT2D eigenvalue weighted by molar-refractivity contribution is 0.293. The number of hydrogen-bond donors (Lipinski definition) is 0. The second-order valence-corrected chi connectivity index (χ2v) is 3.79. The molecule has 0 radical (unpaired) electrons. The Morgan fingerprint density at radius 1 is 1.38 bits per heavy atom. The summed E-state index contributed by atoms with van der Waals surface area (Å²) >= 11 is 3.41. The van der Waals surface area contributed by atoms with E-state index in [1.807, 2.05) is 24.3 Å². The molecule has 1 heterocycles. The highest BCUT2D eigenvalue weighted by Crippen LogP contribution is 2.20. The number of halogens is 1. The highest BCUT2D eigenvalue weighted by Gasteiger charge is 2.04. The number of rotatable bonds is 4. The first kappa shape index (κ1) is 11.1. The van der Waals surface area contributed by atoms with Gasteiger partial charge in [0.15, 0.2) is 6.61 Å². The Kier molecular flexibility index (Phi) is 3.51. The Bertz CT molecular complexity index is 471. The molecule has 2 aromatic rings. The highest BCUT2D eigenvalue weighted by molar-refractivity contribution is 9.08. The van der Waals surface area contributed by atoms with Crippen LogP contribution in [0.4, 0.5) is 0 Å². The van der Waals surface area contributed by atoms with Crippen molar-refractivity contribution in [1.82, 2.24) is 20.2 Å². The molecule has 5 nitrogen and oxygen atoms in total. The molecule has 0 atom stereocenters. The van der Waals surface area contributed by atoms with E-state index < -0.39 is 0 Å². The minimum absolute atomic E-state index is 0.331. The molecule has 6 heteroatoms. The summed E-state index contributed by atoms with van der Waals surface area (Å²) in [6, 6.07) is 7.84. The quantitative estimate of drug-likeness (QED) is 0.801. The van der Waals surface area contributed by atoms with E-state index in [9.17, 15) is 0 Å². The van der Waals surface area contributed by atoms with Gasteiger partial charge in [-0.05, 0) is 11.3 Å². The Morgan fingerprint density at radius 3 is 2.88 bits per heavy atom. The van der Waals surface area contributed by atoms with E-state index in [0.29, 0.717) is 12.4 Å². The van der Waals surface area contributed by atoms with E-state index in [4.69, 9.17) is 4.74 Å². The zero-order chi connectivity index (χ0) is 11.4. The summed E-state index contributed by atoms with van der Waals surface area (Å²) in [6.45, 7) is 0.331. The molecule has 0 N–H and O–H groups in total. The van der Waals surface area contributed by atoms with Crippen LogP contribution in [0.25, 0.3) is 0 Å². The number of aromatic nitrogens is 4. The Hall–Kier alpha value is -1.43. The fraction of sp³-hybridized carbons (Fsp3) is 0.300. The molecule has 0 aliphatic carbocycles. The minimum Gasteiger partial charge on any atom is -0.485 e. The largest absolute Gasteiger partial charge is 0.485 e. The first-order chi connectivity index (χ1) is 7.79. The number of aryl methyl sites for hydroxylation is 1. The van der Waals surface area contributed by atoms with Gasteiger partial charge < -0.3 is 4.74 Å². The van der Waals surface area contributed by atoms with Crippen LogP contribution >= 0.6 is 15.9 Å². The molecule has 0 saturated heterocycles. The third-order valence-corrected chi connectivity index (χ3v) is 2.63. The molecule has 1 aromatic carbocycles. The minimum atomic E-state index is 0.331. The van der Waals surface area contributed by atoms with Gasteiger partial charge in [0.05, 0.1) is 7.05 Å². The van der Waals surface area contributed by atoms with Crippen LogP contribution in [0, 0.1) is 0 Å². The lowest BCUT2D eigenvalue weighted by Crippen LogP contribution is -2.00. The van der Waals surface area contributed by atoms with Crippen LogP contribution in [0.2, 0.25) is 0 Å². The zero-order valence-electron chi connectivity index (χ0n) is 8.80. The second-order valence-electron chi connectivity index (χ2n) is 3.23. The molecule has 0 saturated carbocycles. The maximum atomic E-state index is 5.62. The van der Waals surface area contributed by atoms with E-state index >= 15 is 0 Å². The first-order valence-electron chi connectivity index (χ1n) is 4.79. The van der Waals surface area contributed by atoms with Crippen molar-refractivity contribution in [3.05, 3.63) is 35.7 Å². The highest BCUT2D eigenvalue weighted by atomic mass is 79.9. The second kappa shape index (κ2) is 5.07. The molecule has 0 aliphatic rings. The third kappa shape index (κ3) is 2.57. The summed E-state index contributed by atoms with van der Waals surface area (Å²) in [5.41, 5.74) is 1.10. The molecule has 0 amide bonds. The molecule has 0 unspecified atom stereocenters. The molecule has 16 heavy (non-hydrogen) atoms. The van der Waals surface area contributed by atoms with Crippen molar-refractivity contribution in [2.24, 2.45) is 7.05 Å². The van der Waals surface area contributed by atoms with Gasteiger partial charge in [0.1, 0.15) is 5.75 Å². The average Bonchev–Trinajstić information content (AvgIpc) is 2.73. The topological polar surface area (TPSA) is 52.8 Å². The third-order valence-electron chi connectivity index (χ3n) is 2.02. The van der Waals surface area contributed by atoms with Gasteiger partial charge in [0.25, 0.3) is 0 Å². The molecule has 2 rings (SSSR count). The number of para-hydroxylation sites is 1. The summed E-state index contributed by atoms with van der Waals surface area (Å²) in [5, 5.41) is 12.4. The van der Waals surface area contributed by atoms with Gasteiger partial charge in [0, 0.05) is 10.9 Å². The molecule has 0 bridgehead atoms. The number of alkyl halides is 1. The standard InChI is InChI=1S/C10H11BrN4O/c1-15-13-10(12-14-15)7-16-9-5-3-2-4-8(9)6-11/h2-5H,6-7H2,1H3. The maximum absolute atomic E-state index is 5.62. The fourth-order valence-electron chi connectivity index (χ4n) is 1.28. The number of ether oxygens (including phenoxy) is 1. The molecular weight excluding hydrogens is 272 g/mol. The lowest BCUT2D eigenvalue weighted by Gasteiger charge is -2.07. The molecule has 1 aromatic heterocycles. The molecule has 84 valence electrons. The van der Waals surface area contributed by atoms with Crippen LogP contribution in [0.1, 0.15) is 11.4 Å². The van der Waals surface area contributed by atoms with E-state index in [2.05, 4.69) is 31.3 Å². The Labute approximate surface area is 102 Å². The van der Waals surface area contributed by atoms with E-state index in [1.165, 1.54) is 4.80 Å². The maximum Gasteiger partial charge on any atom is 0.212 e. The summed E-state index contributed by atoms with van der Waals surface area (Å²) in [4.78, 5) is 1.41. The number of tetrazole rings is 1. The van der Waals surface area contributed by atoms with Crippen LogP contribution in [-0.4, -0.2) is 20.2 Å². The summed E-state index contributed by atoms with van der Waals surface area (Å²) in [6.07, 6.45) is 0. The van der Waals surface area contributed by atoms with Crippen LogP contribution in [-0.2, 0) is 19.0 Å². The van der Waals surface area contributed by atoms with Gasteiger partial charge in [0.2, 0.25) is 5.82 Å². The van der Waals surface area contributed by atoms with E-state index in [0.717, 1.165) is 16.6 Å².